The Morgan fingerprint density at radius 3 is 2.22 bits per heavy atom. The minimum Gasteiger partial charge on any atom is -0.298 e. The number of hydrogen-bond acceptors (Lipinski definition) is 2. The second-order valence-electron chi connectivity index (χ2n) is 2.86. The summed E-state index contributed by atoms with van der Waals surface area (Å²) in [6, 6.07) is 0. The van der Waals surface area contributed by atoms with Crippen molar-refractivity contribution in [3.63, 3.8) is 0 Å². The summed E-state index contributed by atoms with van der Waals surface area (Å²) in [5, 5.41) is 0. The summed E-state index contributed by atoms with van der Waals surface area (Å²) in [5.74, 6) is 5.18. The van der Waals surface area contributed by atoms with E-state index in [1.54, 1.807) is 0 Å². The Morgan fingerprint density at radius 1 is 1.44 bits per heavy atom. The lowest BCUT2D eigenvalue weighted by molar-refractivity contribution is -0.0455. The molecule has 0 aromatic carbocycles. The van der Waals surface area contributed by atoms with Gasteiger partial charge in [0.05, 0.1) is 5.60 Å². The van der Waals surface area contributed by atoms with Crippen molar-refractivity contribution in [2.45, 2.75) is 44.6 Å². The third-order valence-electron chi connectivity index (χ3n) is 2.41. The fourth-order valence-electron chi connectivity index (χ4n) is 1.57. The van der Waals surface area contributed by atoms with Crippen molar-refractivity contribution in [3.8, 4) is 0 Å². The molecule has 0 atom stereocenters. The summed E-state index contributed by atoms with van der Waals surface area (Å²) in [4.78, 5) is 4.95. The van der Waals surface area contributed by atoms with Gasteiger partial charge in [-0.15, -0.1) is 0 Å². The molecular formula is C7H15NO. The number of hydrogen-bond donors (Lipinski definition) is 1. The Bertz CT molecular complexity index is 80.9. The maximum atomic E-state index is 5.18. The molecule has 0 aromatic rings. The van der Waals surface area contributed by atoms with Crippen LogP contribution in [0, 0.1) is 0 Å². The van der Waals surface area contributed by atoms with Crippen LogP contribution in [0.3, 0.4) is 0 Å². The highest BCUT2D eigenvalue weighted by Gasteiger charge is 2.32. The normalized spacial score (nSPS) is 24.7. The fourth-order valence-corrected chi connectivity index (χ4v) is 1.57. The Balaban J connectivity index is 2.45. The molecule has 0 unspecified atom stereocenters. The van der Waals surface area contributed by atoms with Gasteiger partial charge in [-0.25, -0.2) is 5.90 Å². The highest BCUT2D eigenvalue weighted by molar-refractivity contribution is 4.83. The van der Waals surface area contributed by atoms with Crippen LogP contribution in [0.5, 0.6) is 0 Å². The van der Waals surface area contributed by atoms with Gasteiger partial charge in [0.15, 0.2) is 0 Å². The van der Waals surface area contributed by atoms with Gasteiger partial charge in [-0.05, 0) is 19.3 Å². The van der Waals surface area contributed by atoms with Gasteiger partial charge in [0.1, 0.15) is 0 Å². The van der Waals surface area contributed by atoms with Crippen LogP contribution in [-0.2, 0) is 4.84 Å². The highest BCUT2D eigenvalue weighted by atomic mass is 16.6. The summed E-state index contributed by atoms with van der Waals surface area (Å²) < 4.78 is 0. The molecule has 1 rings (SSSR count). The lowest BCUT2D eigenvalue weighted by Gasteiger charge is -2.23. The van der Waals surface area contributed by atoms with E-state index in [1.807, 2.05) is 0 Å². The van der Waals surface area contributed by atoms with E-state index in [2.05, 4.69) is 6.92 Å². The molecule has 0 heterocycles. The summed E-state index contributed by atoms with van der Waals surface area (Å²) in [7, 11) is 0. The Morgan fingerprint density at radius 2 is 2.00 bits per heavy atom. The Hall–Kier alpha value is -0.0800. The fraction of sp³-hybridized carbons (Fsp3) is 1.00. The first-order chi connectivity index (χ1) is 4.33. The summed E-state index contributed by atoms with van der Waals surface area (Å²) in [6.45, 7) is 2.14. The topological polar surface area (TPSA) is 35.2 Å². The van der Waals surface area contributed by atoms with E-state index >= 15 is 0 Å². The van der Waals surface area contributed by atoms with E-state index in [4.69, 9.17) is 10.7 Å². The van der Waals surface area contributed by atoms with Crippen molar-refractivity contribution >= 4 is 0 Å². The molecule has 0 amide bonds. The molecule has 1 aliphatic rings. The molecule has 0 bridgehead atoms. The standard InChI is InChI=1S/C7H15NO/c1-2-7(9-8)5-3-4-6-7/h2-6,8H2,1H3. The van der Waals surface area contributed by atoms with E-state index in [1.165, 1.54) is 12.8 Å². The van der Waals surface area contributed by atoms with Crippen molar-refractivity contribution in [2.75, 3.05) is 0 Å². The van der Waals surface area contributed by atoms with Gasteiger partial charge in [-0.1, -0.05) is 19.8 Å². The second-order valence-corrected chi connectivity index (χ2v) is 2.86. The zero-order valence-corrected chi connectivity index (χ0v) is 6.02. The molecule has 54 valence electrons. The number of rotatable bonds is 2. The van der Waals surface area contributed by atoms with Gasteiger partial charge in [0.25, 0.3) is 0 Å². The van der Waals surface area contributed by atoms with Gasteiger partial charge in [-0.3, -0.25) is 4.84 Å². The molecule has 1 saturated carbocycles. The smallest absolute Gasteiger partial charge is 0.0891 e. The average molecular weight is 129 g/mol. The van der Waals surface area contributed by atoms with E-state index in [0.717, 1.165) is 19.3 Å². The van der Waals surface area contributed by atoms with Crippen LogP contribution in [0.4, 0.5) is 0 Å². The van der Waals surface area contributed by atoms with Crippen LogP contribution in [-0.4, -0.2) is 5.60 Å². The molecule has 2 heteroatoms. The summed E-state index contributed by atoms with van der Waals surface area (Å²) >= 11 is 0. The molecular weight excluding hydrogens is 114 g/mol. The van der Waals surface area contributed by atoms with E-state index in [0.29, 0.717) is 0 Å². The van der Waals surface area contributed by atoms with Crippen LogP contribution in [0.25, 0.3) is 0 Å². The second kappa shape index (κ2) is 2.67. The van der Waals surface area contributed by atoms with Crippen LogP contribution in [0.15, 0.2) is 0 Å². The van der Waals surface area contributed by atoms with Gasteiger partial charge in [0.2, 0.25) is 0 Å². The predicted octanol–water partition coefficient (Wildman–Crippen LogP) is 1.60. The molecule has 9 heavy (non-hydrogen) atoms. The van der Waals surface area contributed by atoms with Crippen molar-refractivity contribution in [3.05, 3.63) is 0 Å². The third-order valence-corrected chi connectivity index (χ3v) is 2.41. The highest BCUT2D eigenvalue weighted by Crippen LogP contribution is 2.34. The zero-order valence-electron chi connectivity index (χ0n) is 6.02. The minimum absolute atomic E-state index is 0.0556. The molecule has 0 saturated heterocycles. The SMILES string of the molecule is CCC1(ON)CCCC1. The van der Waals surface area contributed by atoms with Crippen LogP contribution in [0.1, 0.15) is 39.0 Å². The maximum Gasteiger partial charge on any atom is 0.0891 e. The quantitative estimate of drug-likeness (QED) is 0.575. The lowest BCUT2D eigenvalue weighted by Crippen LogP contribution is -2.30. The molecule has 0 radical (unpaired) electrons. The Labute approximate surface area is 56.3 Å². The molecule has 1 fully saturated rings. The van der Waals surface area contributed by atoms with Crippen LogP contribution >= 0.6 is 0 Å². The first kappa shape index (κ1) is 7.03. The molecule has 1 aliphatic carbocycles. The van der Waals surface area contributed by atoms with Crippen LogP contribution in [0.2, 0.25) is 0 Å². The van der Waals surface area contributed by atoms with Crippen molar-refractivity contribution < 1.29 is 4.84 Å². The Kier molecular flexibility index (Phi) is 2.09. The van der Waals surface area contributed by atoms with Gasteiger partial charge in [0, 0.05) is 0 Å². The molecule has 0 aliphatic heterocycles. The summed E-state index contributed by atoms with van der Waals surface area (Å²) in [5.41, 5.74) is 0.0556. The molecule has 0 aromatic heterocycles. The average Bonchev–Trinajstić information content (AvgIpc) is 2.36. The zero-order chi connectivity index (χ0) is 6.74. The number of nitrogens with two attached hydrogens (primary N) is 1. The van der Waals surface area contributed by atoms with Crippen molar-refractivity contribution in [1.29, 1.82) is 0 Å². The van der Waals surface area contributed by atoms with Crippen molar-refractivity contribution in [1.82, 2.24) is 0 Å². The first-order valence-electron chi connectivity index (χ1n) is 3.71. The first-order valence-corrected chi connectivity index (χ1v) is 3.71. The van der Waals surface area contributed by atoms with E-state index in [9.17, 15) is 0 Å². The molecule has 2 nitrogen and oxygen atoms in total. The lowest BCUT2D eigenvalue weighted by atomic mass is 9.99. The van der Waals surface area contributed by atoms with E-state index in [-0.39, 0.29) is 5.60 Å². The van der Waals surface area contributed by atoms with E-state index < -0.39 is 0 Å². The summed E-state index contributed by atoms with van der Waals surface area (Å²) in [6.07, 6.45) is 5.93. The molecule has 2 N–H and O–H groups in total. The third kappa shape index (κ3) is 1.25. The monoisotopic (exact) mass is 129 g/mol. The largest absolute Gasteiger partial charge is 0.298 e. The van der Waals surface area contributed by atoms with Crippen molar-refractivity contribution in [2.24, 2.45) is 5.90 Å². The van der Waals surface area contributed by atoms with Gasteiger partial charge in [-0.2, -0.15) is 0 Å². The van der Waals surface area contributed by atoms with Crippen LogP contribution < -0.4 is 5.90 Å². The predicted molar refractivity (Wildman–Crippen MR) is 36.8 cm³/mol. The van der Waals surface area contributed by atoms with Gasteiger partial charge >= 0.3 is 0 Å². The minimum atomic E-state index is 0.0556. The van der Waals surface area contributed by atoms with Gasteiger partial charge < -0.3 is 0 Å². The molecule has 0 spiro atoms. The maximum absolute atomic E-state index is 5.18.